The average molecular weight is 226 g/mol. The van der Waals surface area contributed by atoms with Gasteiger partial charge in [0.2, 0.25) is 0 Å². The van der Waals surface area contributed by atoms with Gasteiger partial charge in [-0.25, -0.2) is 4.79 Å². The normalized spacial score (nSPS) is 21.7. The largest absolute Gasteiger partial charge is 0.325 e. The Hall–Kier alpha value is -0.730. The van der Waals surface area contributed by atoms with Crippen molar-refractivity contribution < 1.29 is 4.79 Å². The maximum atomic E-state index is 12.2. The molecule has 0 aromatic rings. The van der Waals surface area contributed by atoms with Gasteiger partial charge in [0, 0.05) is 26.2 Å². The smallest absolute Gasteiger partial charge is 0.319 e. The minimum absolute atomic E-state index is 0.238. The Morgan fingerprint density at radius 3 is 2.44 bits per heavy atom. The van der Waals surface area contributed by atoms with E-state index in [1.165, 1.54) is 25.7 Å². The van der Waals surface area contributed by atoms with Crippen molar-refractivity contribution in [3.05, 3.63) is 0 Å². The summed E-state index contributed by atoms with van der Waals surface area (Å²) >= 11 is 0. The van der Waals surface area contributed by atoms with Crippen molar-refractivity contribution in [2.24, 2.45) is 5.92 Å². The highest BCUT2D eigenvalue weighted by atomic mass is 16.2. The summed E-state index contributed by atoms with van der Waals surface area (Å²) in [6.07, 6.45) is 4.90. The Bertz CT molecular complexity index is 214. The average Bonchev–Trinajstić information content (AvgIpc) is 2.55. The molecule has 1 aliphatic heterocycles. The van der Waals surface area contributed by atoms with Crippen LogP contribution in [0.15, 0.2) is 0 Å². The first kappa shape index (κ1) is 13.3. The number of carbonyl (C=O) groups is 1. The number of nitrogens with zero attached hydrogens (tertiary/aromatic N) is 2. The molecule has 1 heterocycles. The number of hydrogen-bond acceptors (Lipinski definition) is 1. The van der Waals surface area contributed by atoms with Gasteiger partial charge in [-0.05, 0) is 39.0 Å². The topological polar surface area (TPSA) is 23.6 Å². The molecule has 0 spiro atoms. The van der Waals surface area contributed by atoms with Crippen LogP contribution in [0.4, 0.5) is 4.79 Å². The molecule has 1 saturated heterocycles. The van der Waals surface area contributed by atoms with Gasteiger partial charge in [-0.2, -0.15) is 0 Å². The van der Waals surface area contributed by atoms with Crippen molar-refractivity contribution in [2.45, 2.75) is 46.5 Å². The molecule has 0 aromatic heterocycles. The van der Waals surface area contributed by atoms with Crippen LogP contribution in [0.3, 0.4) is 0 Å². The monoisotopic (exact) mass is 226 g/mol. The highest BCUT2D eigenvalue weighted by Crippen LogP contribution is 2.20. The highest BCUT2D eigenvalue weighted by molar-refractivity contribution is 5.74. The molecule has 16 heavy (non-hydrogen) atoms. The highest BCUT2D eigenvalue weighted by Gasteiger charge is 2.22. The zero-order valence-corrected chi connectivity index (χ0v) is 11.0. The van der Waals surface area contributed by atoms with E-state index in [0.717, 1.165) is 32.1 Å². The second-order valence-corrected chi connectivity index (χ2v) is 4.65. The van der Waals surface area contributed by atoms with E-state index in [9.17, 15) is 4.79 Å². The summed E-state index contributed by atoms with van der Waals surface area (Å²) in [6.45, 7) is 9.90. The lowest BCUT2D eigenvalue weighted by Gasteiger charge is -2.28. The molecule has 1 unspecified atom stereocenters. The predicted octanol–water partition coefficient (Wildman–Crippen LogP) is 2.96. The molecule has 0 aromatic carbocycles. The Labute approximate surface area is 99.8 Å². The molecule has 0 aliphatic carbocycles. The molecule has 94 valence electrons. The molecule has 2 amide bonds. The van der Waals surface area contributed by atoms with Gasteiger partial charge in [-0.1, -0.05) is 13.3 Å². The zero-order valence-electron chi connectivity index (χ0n) is 11.0. The molecule has 1 atom stereocenters. The zero-order chi connectivity index (χ0) is 12.0. The van der Waals surface area contributed by atoms with Crippen LogP contribution >= 0.6 is 0 Å². The second kappa shape index (κ2) is 6.77. The van der Waals surface area contributed by atoms with Crippen LogP contribution in [0.1, 0.15) is 46.5 Å². The van der Waals surface area contributed by atoms with Gasteiger partial charge in [0.1, 0.15) is 0 Å². The minimum atomic E-state index is 0.238. The summed E-state index contributed by atoms with van der Waals surface area (Å²) < 4.78 is 0. The van der Waals surface area contributed by atoms with E-state index in [-0.39, 0.29) is 6.03 Å². The number of amides is 2. The van der Waals surface area contributed by atoms with E-state index in [2.05, 4.69) is 6.92 Å². The summed E-state index contributed by atoms with van der Waals surface area (Å²) in [5.41, 5.74) is 0. The number of hydrogen-bond donors (Lipinski definition) is 0. The van der Waals surface area contributed by atoms with Gasteiger partial charge >= 0.3 is 6.03 Å². The van der Waals surface area contributed by atoms with E-state index in [4.69, 9.17) is 0 Å². The van der Waals surface area contributed by atoms with Crippen molar-refractivity contribution in [1.82, 2.24) is 9.80 Å². The third-order valence-corrected chi connectivity index (χ3v) is 3.73. The molecule has 0 N–H and O–H groups in total. The molecular formula is C13H26N2O. The first-order chi connectivity index (χ1) is 7.72. The molecule has 3 heteroatoms. The molecule has 1 rings (SSSR count). The first-order valence-corrected chi connectivity index (χ1v) is 6.76. The number of rotatable bonds is 3. The quantitative estimate of drug-likeness (QED) is 0.725. The van der Waals surface area contributed by atoms with E-state index in [1.807, 2.05) is 23.6 Å². The fourth-order valence-electron chi connectivity index (χ4n) is 2.46. The van der Waals surface area contributed by atoms with E-state index in [1.54, 1.807) is 0 Å². The number of carbonyl (C=O) groups excluding carboxylic acids is 1. The minimum Gasteiger partial charge on any atom is -0.325 e. The molecule has 3 nitrogen and oxygen atoms in total. The molecule has 0 radical (unpaired) electrons. The molecule has 0 bridgehead atoms. The van der Waals surface area contributed by atoms with Crippen LogP contribution in [-0.4, -0.2) is 42.0 Å². The summed E-state index contributed by atoms with van der Waals surface area (Å²) in [5, 5.41) is 0. The van der Waals surface area contributed by atoms with Crippen LogP contribution in [0, 0.1) is 5.92 Å². The Balaban J connectivity index is 2.50. The van der Waals surface area contributed by atoms with Gasteiger partial charge in [0.25, 0.3) is 0 Å². The predicted molar refractivity (Wildman–Crippen MR) is 67.5 cm³/mol. The third kappa shape index (κ3) is 3.39. The van der Waals surface area contributed by atoms with E-state index >= 15 is 0 Å². The van der Waals surface area contributed by atoms with Gasteiger partial charge in [0.05, 0.1) is 0 Å². The number of urea groups is 1. The molecule has 0 saturated carbocycles. The Morgan fingerprint density at radius 1 is 1.19 bits per heavy atom. The van der Waals surface area contributed by atoms with E-state index < -0.39 is 0 Å². The van der Waals surface area contributed by atoms with Crippen molar-refractivity contribution in [1.29, 1.82) is 0 Å². The standard InChI is InChI=1S/C13H26N2O/c1-4-12-8-7-10-15(11-9-12)13(16)14(5-2)6-3/h12H,4-11H2,1-3H3. The molecule has 1 aliphatic rings. The van der Waals surface area contributed by atoms with Crippen molar-refractivity contribution in [3.8, 4) is 0 Å². The fourth-order valence-corrected chi connectivity index (χ4v) is 2.46. The van der Waals surface area contributed by atoms with Gasteiger partial charge < -0.3 is 9.80 Å². The van der Waals surface area contributed by atoms with Gasteiger partial charge in [-0.15, -0.1) is 0 Å². The van der Waals surface area contributed by atoms with Crippen molar-refractivity contribution in [2.75, 3.05) is 26.2 Å². The van der Waals surface area contributed by atoms with Crippen molar-refractivity contribution in [3.63, 3.8) is 0 Å². The maximum Gasteiger partial charge on any atom is 0.319 e. The second-order valence-electron chi connectivity index (χ2n) is 4.65. The van der Waals surface area contributed by atoms with E-state index in [0.29, 0.717) is 0 Å². The summed E-state index contributed by atoms with van der Waals surface area (Å²) in [7, 11) is 0. The Morgan fingerprint density at radius 2 is 1.88 bits per heavy atom. The lowest BCUT2D eigenvalue weighted by Crippen LogP contribution is -2.43. The fraction of sp³-hybridized carbons (Fsp3) is 0.923. The van der Waals surface area contributed by atoms with Crippen LogP contribution < -0.4 is 0 Å². The summed E-state index contributed by atoms with van der Waals surface area (Å²) in [6, 6.07) is 0.238. The summed E-state index contributed by atoms with van der Waals surface area (Å²) in [5.74, 6) is 0.828. The lowest BCUT2D eigenvalue weighted by molar-refractivity contribution is 0.158. The molecule has 1 fully saturated rings. The van der Waals surface area contributed by atoms with Crippen molar-refractivity contribution >= 4 is 6.03 Å². The number of likely N-dealkylation sites (tertiary alicyclic amines) is 1. The lowest BCUT2D eigenvalue weighted by atomic mass is 9.98. The molecular weight excluding hydrogens is 200 g/mol. The first-order valence-electron chi connectivity index (χ1n) is 6.76. The summed E-state index contributed by atoms with van der Waals surface area (Å²) in [4.78, 5) is 16.1. The Kier molecular flexibility index (Phi) is 5.64. The van der Waals surface area contributed by atoms with Crippen LogP contribution in [0.25, 0.3) is 0 Å². The maximum absolute atomic E-state index is 12.2. The third-order valence-electron chi connectivity index (χ3n) is 3.73. The van der Waals surface area contributed by atoms with Crippen LogP contribution in [-0.2, 0) is 0 Å². The SMILES string of the molecule is CCC1CCCN(C(=O)N(CC)CC)CC1. The van der Waals surface area contributed by atoms with Gasteiger partial charge in [-0.3, -0.25) is 0 Å². The van der Waals surface area contributed by atoms with Crippen LogP contribution in [0.5, 0.6) is 0 Å². The van der Waals surface area contributed by atoms with Crippen LogP contribution in [0.2, 0.25) is 0 Å². The van der Waals surface area contributed by atoms with Gasteiger partial charge in [0.15, 0.2) is 0 Å².